The van der Waals surface area contributed by atoms with Crippen molar-refractivity contribution in [3.05, 3.63) is 35.4 Å². The largest absolute Gasteiger partial charge is 0.383 e. The highest BCUT2D eigenvalue weighted by Crippen LogP contribution is 2.15. The molecule has 0 bridgehead atoms. The van der Waals surface area contributed by atoms with E-state index in [9.17, 15) is 8.42 Å². The van der Waals surface area contributed by atoms with Gasteiger partial charge in [-0.1, -0.05) is 24.3 Å². The van der Waals surface area contributed by atoms with Crippen LogP contribution in [0, 0.1) is 0 Å². The highest BCUT2D eigenvalue weighted by Gasteiger charge is 2.22. The van der Waals surface area contributed by atoms with Crippen LogP contribution in [0.15, 0.2) is 24.3 Å². The van der Waals surface area contributed by atoms with E-state index in [2.05, 4.69) is 0 Å². The first-order valence-corrected chi connectivity index (χ1v) is 8.38. The molecular formula is C14H24N2O4S. The molecule has 21 heavy (non-hydrogen) atoms. The molecule has 0 radical (unpaired) electrons. The fraction of sp³-hybridized carbons (Fsp3) is 0.571. The van der Waals surface area contributed by atoms with E-state index in [0.29, 0.717) is 32.8 Å². The third-order valence-corrected chi connectivity index (χ3v) is 4.99. The molecule has 1 aromatic rings. The van der Waals surface area contributed by atoms with Gasteiger partial charge in [0.1, 0.15) is 0 Å². The Hall–Kier alpha value is -0.990. The summed E-state index contributed by atoms with van der Waals surface area (Å²) in [7, 11) is -0.342. The van der Waals surface area contributed by atoms with Crippen LogP contribution >= 0.6 is 0 Å². The number of benzene rings is 1. The fourth-order valence-corrected chi connectivity index (χ4v) is 3.52. The van der Waals surface area contributed by atoms with Crippen molar-refractivity contribution in [2.24, 2.45) is 5.73 Å². The SMILES string of the molecule is COCCN(CCOC)S(=O)(=O)Cc1ccccc1CN. The molecule has 0 aliphatic rings. The van der Waals surface area contributed by atoms with Gasteiger partial charge in [0.15, 0.2) is 0 Å². The summed E-state index contributed by atoms with van der Waals surface area (Å²) in [4.78, 5) is 0. The molecule has 7 heteroatoms. The Kier molecular flexibility index (Phi) is 7.84. The number of methoxy groups -OCH3 is 2. The van der Waals surface area contributed by atoms with Gasteiger partial charge < -0.3 is 15.2 Å². The van der Waals surface area contributed by atoms with Crippen LogP contribution in [-0.4, -0.2) is 53.2 Å². The molecule has 1 rings (SSSR count). The van der Waals surface area contributed by atoms with Crippen LogP contribution in [0.4, 0.5) is 0 Å². The molecule has 0 spiro atoms. The number of ether oxygens (including phenoxy) is 2. The molecule has 120 valence electrons. The first-order chi connectivity index (χ1) is 10.0. The molecule has 1 aromatic carbocycles. The lowest BCUT2D eigenvalue weighted by Crippen LogP contribution is -2.37. The maximum atomic E-state index is 12.6. The molecule has 0 saturated carbocycles. The summed E-state index contributed by atoms with van der Waals surface area (Å²) in [5, 5.41) is 0. The van der Waals surface area contributed by atoms with Crippen LogP contribution in [0.5, 0.6) is 0 Å². The zero-order chi connectivity index (χ0) is 15.7. The summed E-state index contributed by atoms with van der Waals surface area (Å²) in [6, 6.07) is 7.31. The van der Waals surface area contributed by atoms with Gasteiger partial charge in [-0.05, 0) is 11.1 Å². The number of nitrogens with two attached hydrogens (primary N) is 1. The number of rotatable bonds is 10. The lowest BCUT2D eigenvalue weighted by atomic mass is 10.1. The van der Waals surface area contributed by atoms with Gasteiger partial charge in [0.2, 0.25) is 10.0 Å². The normalized spacial score (nSPS) is 12.0. The summed E-state index contributed by atoms with van der Waals surface area (Å²) in [5.41, 5.74) is 7.24. The second-order valence-electron chi connectivity index (χ2n) is 4.61. The summed E-state index contributed by atoms with van der Waals surface area (Å²) >= 11 is 0. The molecule has 0 amide bonds. The van der Waals surface area contributed by atoms with E-state index in [1.807, 2.05) is 18.2 Å². The van der Waals surface area contributed by atoms with Crippen molar-refractivity contribution in [3.8, 4) is 0 Å². The Balaban J connectivity index is 2.88. The second kappa shape index (κ2) is 9.11. The number of nitrogens with zero attached hydrogens (tertiary/aromatic N) is 1. The standard InChI is InChI=1S/C14H24N2O4S/c1-19-9-7-16(8-10-20-2)21(17,18)12-14-6-4-3-5-13(14)11-15/h3-6H,7-12,15H2,1-2H3. The minimum atomic E-state index is -3.43. The number of hydrogen-bond donors (Lipinski definition) is 1. The Morgan fingerprint density at radius 2 is 1.57 bits per heavy atom. The maximum absolute atomic E-state index is 12.6. The molecule has 0 heterocycles. The lowest BCUT2D eigenvalue weighted by Gasteiger charge is -2.22. The van der Waals surface area contributed by atoms with Crippen molar-refractivity contribution in [1.29, 1.82) is 0 Å². The third-order valence-electron chi connectivity index (χ3n) is 3.16. The summed E-state index contributed by atoms with van der Waals surface area (Å²) < 4.78 is 36.5. The van der Waals surface area contributed by atoms with Crippen LogP contribution in [0.3, 0.4) is 0 Å². The Bertz CT molecular complexity index is 511. The molecule has 0 saturated heterocycles. The minimum Gasteiger partial charge on any atom is -0.383 e. The van der Waals surface area contributed by atoms with Gasteiger partial charge in [-0.3, -0.25) is 0 Å². The van der Waals surface area contributed by atoms with Crippen LogP contribution in [0.2, 0.25) is 0 Å². The average Bonchev–Trinajstić information content (AvgIpc) is 2.47. The van der Waals surface area contributed by atoms with E-state index >= 15 is 0 Å². The average molecular weight is 316 g/mol. The van der Waals surface area contributed by atoms with Crippen molar-refractivity contribution in [2.75, 3.05) is 40.5 Å². The number of hydrogen-bond acceptors (Lipinski definition) is 5. The van der Waals surface area contributed by atoms with Gasteiger partial charge in [-0.25, -0.2) is 8.42 Å². The molecule has 0 atom stereocenters. The van der Waals surface area contributed by atoms with E-state index in [0.717, 1.165) is 11.1 Å². The summed E-state index contributed by atoms with van der Waals surface area (Å²) in [6.45, 7) is 1.64. The fourth-order valence-electron chi connectivity index (χ4n) is 1.96. The highest BCUT2D eigenvalue weighted by molar-refractivity contribution is 7.88. The second-order valence-corrected chi connectivity index (χ2v) is 6.58. The van der Waals surface area contributed by atoms with Gasteiger partial charge >= 0.3 is 0 Å². The molecule has 6 nitrogen and oxygen atoms in total. The van der Waals surface area contributed by atoms with Gasteiger partial charge in [0, 0.05) is 33.9 Å². The zero-order valence-electron chi connectivity index (χ0n) is 12.6. The molecule has 2 N–H and O–H groups in total. The molecule has 0 aliphatic heterocycles. The first kappa shape index (κ1) is 18.1. The molecule has 0 aliphatic carbocycles. The van der Waals surface area contributed by atoms with Gasteiger partial charge in [0.05, 0.1) is 19.0 Å². The maximum Gasteiger partial charge on any atom is 0.218 e. The minimum absolute atomic E-state index is 0.0617. The van der Waals surface area contributed by atoms with Crippen LogP contribution < -0.4 is 5.73 Å². The van der Waals surface area contributed by atoms with Crippen LogP contribution in [0.1, 0.15) is 11.1 Å². The third kappa shape index (κ3) is 5.72. The van der Waals surface area contributed by atoms with Crippen molar-refractivity contribution < 1.29 is 17.9 Å². The number of sulfonamides is 1. The molecule has 0 aromatic heterocycles. The van der Waals surface area contributed by atoms with Crippen LogP contribution in [-0.2, 0) is 31.8 Å². The van der Waals surface area contributed by atoms with Crippen molar-refractivity contribution in [3.63, 3.8) is 0 Å². The van der Waals surface area contributed by atoms with E-state index in [4.69, 9.17) is 15.2 Å². The first-order valence-electron chi connectivity index (χ1n) is 6.77. The smallest absolute Gasteiger partial charge is 0.218 e. The van der Waals surface area contributed by atoms with E-state index in [1.54, 1.807) is 20.3 Å². The monoisotopic (exact) mass is 316 g/mol. The van der Waals surface area contributed by atoms with Gasteiger partial charge in [-0.15, -0.1) is 0 Å². The van der Waals surface area contributed by atoms with E-state index in [-0.39, 0.29) is 5.75 Å². The zero-order valence-corrected chi connectivity index (χ0v) is 13.4. The summed E-state index contributed by atoms with van der Waals surface area (Å²) in [5.74, 6) is -0.0617. The molecular weight excluding hydrogens is 292 g/mol. The molecule has 0 fully saturated rings. The Morgan fingerprint density at radius 3 is 2.05 bits per heavy atom. The van der Waals surface area contributed by atoms with E-state index in [1.165, 1.54) is 4.31 Å². The predicted molar refractivity (Wildman–Crippen MR) is 82.3 cm³/mol. The van der Waals surface area contributed by atoms with Crippen molar-refractivity contribution in [1.82, 2.24) is 4.31 Å². The molecule has 0 unspecified atom stereocenters. The van der Waals surface area contributed by atoms with Gasteiger partial charge in [-0.2, -0.15) is 4.31 Å². The topological polar surface area (TPSA) is 81.9 Å². The quantitative estimate of drug-likeness (QED) is 0.682. The van der Waals surface area contributed by atoms with Gasteiger partial charge in [0.25, 0.3) is 0 Å². The van der Waals surface area contributed by atoms with Crippen LogP contribution in [0.25, 0.3) is 0 Å². The lowest BCUT2D eigenvalue weighted by molar-refractivity contribution is 0.150. The van der Waals surface area contributed by atoms with Crippen molar-refractivity contribution >= 4 is 10.0 Å². The van der Waals surface area contributed by atoms with Crippen molar-refractivity contribution in [2.45, 2.75) is 12.3 Å². The highest BCUT2D eigenvalue weighted by atomic mass is 32.2. The predicted octanol–water partition coefficient (Wildman–Crippen LogP) is 0.570. The Labute approximate surface area is 126 Å². The Morgan fingerprint density at radius 1 is 1.05 bits per heavy atom. The van der Waals surface area contributed by atoms with E-state index < -0.39 is 10.0 Å². The summed E-state index contributed by atoms with van der Waals surface area (Å²) in [6.07, 6.45) is 0.